The minimum absolute atomic E-state index is 0.238. The quantitative estimate of drug-likeness (QED) is 0.312. The number of benzene rings is 3. The van der Waals surface area contributed by atoms with Gasteiger partial charge in [-0.2, -0.15) is 0 Å². The molecule has 0 spiro atoms. The highest BCUT2D eigenvalue weighted by Gasteiger charge is 2.47. The van der Waals surface area contributed by atoms with Crippen LogP contribution in [-0.2, 0) is 0 Å². The number of fused-ring (bicyclic) bond motifs is 9. The van der Waals surface area contributed by atoms with E-state index in [0.717, 1.165) is 45.9 Å². The molecule has 1 fully saturated rings. The van der Waals surface area contributed by atoms with Gasteiger partial charge in [0.25, 0.3) is 0 Å². The predicted molar refractivity (Wildman–Crippen MR) is 127 cm³/mol. The molecule has 1 saturated carbocycles. The Morgan fingerprint density at radius 3 is 2.56 bits per heavy atom. The lowest BCUT2D eigenvalue weighted by atomic mass is 9.64. The van der Waals surface area contributed by atoms with E-state index in [-0.39, 0.29) is 5.60 Å². The summed E-state index contributed by atoms with van der Waals surface area (Å²) in [4.78, 5) is 21.9. The lowest BCUT2D eigenvalue weighted by Gasteiger charge is -2.49. The van der Waals surface area contributed by atoms with Crippen LogP contribution in [0.5, 0.6) is 5.75 Å². The monoisotopic (exact) mass is 425 g/mol. The zero-order valence-corrected chi connectivity index (χ0v) is 18.7. The molecule has 0 unspecified atom stereocenters. The van der Waals surface area contributed by atoms with Crippen LogP contribution in [0.4, 0.5) is 0 Å². The molecule has 162 valence electrons. The molecule has 1 aliphatic heterocycles. The highest BCUT2D eigenvalue weighted by molar-refractivity contribution is 6.11. The van der Waals surface area contributed by atoms with Crippen LogP contribution in [0.1, 0.15) is 61.9 Å². The highest BCUT2D eigenvalue weighted by atomic mass is 16.5. The summed E-state index contributed by atoms with van der Waals surface area (Å²) >= 11 is 0. The van der Waals surface area contributed by atoms with Gasteiger partial charge in [-0.05, 0) is 56.7 Å². The van der Waals surface area contributed by atoms with E-state index in [9.17, 15) is 4.79 Å². The summed E-state index contributed by atoms with van der Waals surface area (Å²) in [5.41, 5.74) is 10.2. The van der Waals surface area contributed by atoms with Crippen molar-refractivity contribution in [1.29, 1.82) is 0 Å². The molecule has 0 radical (unpaired) electrons. The van der Waals surface area contributed by atoms with Crippen LogP contribution in [-0.4, -0.2) is 21.5 Å². The van der Waals surface area contributed by atoms with Crippen LogP contribution >= 0.6 is 0 Å². The Hall–Kier alpha value is -3.21. The normalized spacial score (nSPS) is 24.2. The Morgan fingerprint density at radius 1 is 1.03 bits per heavy atom. The number of hydrogen-bond donors (Lipinski definition) is 1. The summed E-state index contributed by atoms with van der Waals surface area (Å²) in [7, 11) is 0. The number of primary amides is 1. The number of aromatic nitrogens is 2. The van der Waals surface area contributed by atoms with E-state index < -0.39 is 5.91 Å². The molecule has 2 heterocycles. The fraction of sp³-hybridized carbons (Fsp3) is 0.370. The summed E-state index contributed by atoms with van der Waals surface area (Å²) in [6.07, 6.45) is 3.50. The first-order valence-corrected chi connectivity index (χ1v) is 11.5. The molecule has 5 heteroatoms. The molecule has 32 heavy (non-hydrogen) atoms. The molecule has 0 saturated heterocycles. The van der Waals surface area contributed by atoms with E-state index in [4.69, 9.17) is 20.4 Å². The van der Waals surface area contributed by atoms with Gasteiger partial charge in [-0.25, -0.2) is 9.97 Å². The maximum absolute atomic E-state index is 11.8. The van der Waals surface area contributed by atoms with E-state index in [1.165, 1.54) is 12.0 Å². The molecule has 4 aromatic rings. The zero-order chi connectivity index (χ0) is 22.2. The van der Waals surface area contributed by atoms with Crippen molar-refractivity contribution in [3.63, 3.8) is 0 Å². The van der Waals surface area contributed by atoms with E-state index in [1.807, 2.05) is 12.1 Å². The number of rotatable bonds is 1. The van der Waals surface area contributed by atoms with Gasteiger partial charge in [0.05, 0.1) is 22.1 Å². The number of carbonyl (C=O) groups is 1. The first-order chi connectivity index (χ1) is 15.3. The first kappa shape index (κ1) is 19.5. The SMILES string of the molecule is C[C@H]1CC[C@H]2[C@H](C1)c1c(c3ccccc3c3nc4ccc(C(N)=O)cc4nc13)OC2(C)C. The largest absolute Gasteiger partial charge is 0.487 e. The molecule has 2 aliphatic rings. The third kappa shape index (κ3) is 2.73. The number of amides is 1. The number of nitrogens with zero attached hydrogens (tertiary/aromatic N) is 2. The van der Waals surface area contributed by atoms with Gasteiger partial charge in [0.1, 0.15) is 11.4 Å². The minimum atomic E-state index is -0.458. The number of hydrogen-bond acceptors (Lipinski definition) is 4. The third-order valence-electron chi connectivity index (χ3n) is 7.62. The number of ether oxygens (including phenoxy) is 1. The lowest BCUT2D eigenvalue weighted by molar-refractivity contribution is -0.0115. The topological polar surface area (TPSA) is 78.1 Å². The van der Waals surface area contributed by atoms with Crippen molar-refractivity contribution >= 4 is 38.7 Å². The van der Waals surface area contributed by atoms with E-state index in [0.29, 0.717) is 28.8 Å². The van der Waals surface area contributed by atoms with Crippen LogP contribution in [0.2, 0.25) is 0 Å². The molecule has 3 atom stereocenters. The molecule has 3 aromatic carbocycles. The molecule has 5 nitrogen and oxygen atoms in total. The molecule has 2 N–H and O–H groups in total. The molecule has 1 amide bonds. The Labute approximate surface area is 187 Å². The zero-order valence-electron chi connectivity index (χ0n) is 18.7. The van der Waals surface area contributed by atoms with Crippen molar-refractivity contribution in [3.8, 4) is 5.75 Å². The average Bonchev–Trinajstić information content (AvgIpc) is 2.77. The lowest BCUT2D eigenvalue weighted by Crippen LogP contribution is -2.46. The maximum Gasteiger partial charge on any atom is 0.248 e. The summed E-state index contributed by atoms with van der Waals surface area (Å²) in [5, 5.41) is 2.15. The molecule has 0 bridgehead atoms. The van der Waals surface area contributed by atoms with E-state index >= 15 is 0 Å². The van der Waals surface area contributed by atoms with Crippen LogP contribution in [0.15, 0.2) is 42.5 Å². The predicted octanol–water partition coefficient (Wildman–Crippen LogP) is 5.73. The van der Waals surface area contributed by atoms with Crippen LogP contribution in [0.3, 0.4) is 0 Å². The maximum atomic E-state index is 11.8. The summed E-state index contributed by atoms with van der Waals surface area (Å²) < 4.78 is 6.78. The van der Waals surface area contributed by atoms with Crippen LogP contribution in [0.25, 0.3) is 32.8 Å². The Balaban J connectivity index is 1.75. The van der Waals surface area contributed by atoms with Crippen LogP contribution < -0.4 is 10.5 Å². The van der Waals surface area contributed by atoms with Gasteiger partial charge in [-0.3, -0.25) is 4.79 Å². The van der Waals surface area contributed by atoms with Crippen molar-refractivity contribution in [2.45, 2.75) is 51.6 Å². The van der Waals surface area contributed by atoms with Gasteiger partial charge < -0.3 is 10.5 Å². The second-order valence-electron chi connectivity index (χ2n) is 10.1. The smallest absolute Gasteiger partial charge is 0.248 e. The van der Waals surface area contributed by atoms with Crippen molar-refractivity contribution in [2.75, 3.05) is 0 Å². The highest BCUT2D eigenvalue weighted by Crippen LogP contribution is 2.56. The number of carbonyl (C=O) groups excluding carboxylic acids is 1. The van der Waals surface area contributed by atoms with Gasteiger partial charge in [0.2, 0.25) is 5.91 Å². The van der Waals surface area contributed by atoms with Gasteiger partial charge in [0.15, 0.2) is 0 Å². The Bertz CT molecular complexity index is 1430. The van der Waals surface area contributed by atoms with E-state index in [1.54, 1.807) is 12.1 Å². The Kier molecular flexibility index (Phi) is 4.04. The molecular weight excluding hydrogens is 398 g/mol. The molecule has 6 rings (SSSR count). The minimum Gasteiger partial charge on any atom is -0.487 e. The van der Waals surface area contributed by atoms with Gasteiger partial charge in [0, 0.05) is 27.8 Å². The average molecular weight is 426 g/mol. The number of nitrogens with two attached hydrogens (primary N) is 1. The van der Waals surface area contributed by atoms with E-state index in [2.05, 4.69) is 39.0 Å². The molecule has 1 aliphatic carbocycles. The van der Waals surface area contributed by atoms with Crippen molar-refractivity contribution in [3.05, 3.63) is 53.6 Å². The first-order valence-electron chi connectivity index (χ1n) is 11.5. The van der Waals surface area contributed by atoms with Crippen LogP contribution in [0, 0.1) is 11.8 Å². The second kappa shape index (κ2) is 6.64. The fourth-order valence-electron chi connectivity index (χ4n) is 6.05. The fourth-order valence-corrected chi connectivity index (χ4v) is 6.05. The standard InChI is InChI=1S/C27H27N3O2/c1-14-8-10-19-18(12-14)22-24-23(29-20-11-9-15(26(28)31)13-21(20)30-24)16-6-4-5-7-17(16)25(22)32-27(19,2)3/h4-7,9,11,13-14,18-19H,8,10,12H2,1-3H3,(H2,28,31)/t14-,18-,19-/m0/s1. The molecular formula is C27H27N3O2. The molecule has 1 aromatic heterocycles. The Morgan fingerprint density at radius 2 is 1.78 bits per heavy atom. The van der Waals surface area contributed by atoms with Gasteiger partial charge in [-0.1, -0.05) is 37.6 Å². The van der Waals surface area contributed by atoms with Crippen molar-refractivity contribution < 1.29 is 9.53 Å². The summed E-state index contributed by atoms with van der Waals surface area (Å²) in [6, 6.07) is 13.6. The second-order valence-corrected chi connectivity index (χ2v) is 10.1. The summed E-state index contributed by atoms with van der Waals surface area (Å²) in [6.45, 7) is 6.81. The van der Waals surface area contributed by atoms with Crippen molar-refractivity contribution in [1.82, 2.24) is 9.97 Å². The van der Waals surface area contributed by atoms with Gasteiger partial charge in [-0.15, -0.1) is 0 Å². The van der Waals surface area contributed by atoms with Gasteiger partial charge >= 0.3 is 0 Å². The summed E-state index contributed by atoms with van der Waals surface area (Å²) in [5.74, 6) is 1.96. The van der Waals surface area contributed by atoms with Crippen molar-refractivity contribution in [2.24, 2.45) is 17.6 Å². The third-order valence-corrected chi connectivity index (χ3v) is 7.62.